The summed E-state index contributed by atoms with van der Waals surface area (Å²) in [6.07, 6.45) is 4.48. The van der Waals surface area contributed by atoms with Gasteiger partial charge in [0.1, 0.15) is 17.3 Å². The quantitative estimate of drug-likeness (QED) is 0.507. The minimum absolute atomic E-state index is 0.0412. The first-order valence-electron chi connectivity index (χ1n) is 12.4. The van der Waals surface area contributed by atoms with Gasteiger partial charge in [-0.2, -0.15) is 11.8 Å². The normalized spacial score (nSPS) is 20.8. The van der Waals surface area contributed by atoms with E-state index in [1.54, 1.807) is 11.5 Å². The number of pyridine rings is 1. The standard InChI is InChI=1S/C26H27ClF2N4O3S/c1-14-2-7-20(27)21(22(14)29)24(34)31-16-3-5-17(6-4-16)33-25(35)19-12-15(28)13-30-23(19)32(26(33)36)18-8-10-37-11-9-18/h2,7,12-13,16-18H,3-6,8-11H2,1H3,(H,31,34). The lowest BCUT2D eigenvalue weighted by Crippen LogP contribution is -2.46. The summed E-state index contributed by atoms with van der Waals surface area (Å²) in [5, 5.41) is 2.99. The number of carbonyl (C=O) groups excluding carboxylic acids is 1. The second kappa shape index (κ2) is 10.6. The summed E-state index contributed by atoms with van der Waals surface area (Å²) in [6, 6.07) is 3.40. The van der Waals surface area contributed by atoms with Crippen molar-refractivity contribution in [3.8, 4) is 0 Å². The molecule has 0 atom stereocenters. The Morgan fingerprint density at radius 2 is 1.73 bits per heavy atom. The van der Waals surface area contributed by atoms with E-state index >= 15 is 0 Å². The molecule has 1 aliphatic carbocycles. The predicted octanol–water partition coefficient (Wildman–Crippen LogP) is 4.78. The van der Waals surface area contributed by atoms with Gasteiger partial charge in [0.15, 0.2) is 0 Å². The Morgan fingerprint density at radius 1 is 1.05 bits per heavy atom. The summed E-state index contributed by atoms with van der Waals surface area (Å²) < 4.78 is 31.4. The molecule has 0 spiro atoms. The van der Waals surface area contributed by atoms with Gasteiger partial charge in [0.2, 0.25) is 0 Å². The molecular formula is C26H27ClF2N4O3S. The molecule has 1 N–H and O–H groups in total. The average molecular weight is 549 g/mol. The van der Waals surface area contributed by atoms with Crippen LogP contribution in [-0.4, -0.2) is 37.6 Å². The number of benzene rings is 1. The van der Waals surface area contributed by atoms with Crippen LogP contribution in [0.5, 0.6) is 0 Å². The maximum Gasteiger partial charge on any atom is 0.333 e. The van der Waals surface area contributed by atoms with Crippen LogP contribution in [0.3, 0.4) is 0 Å². The average Bonchev–Trinajstić information content (AvgIpc) is 2.89. The van der Waals surface area contributed by atoms with E-state index in [-0.39, 0.29) is 33.7 Å². The van der Waals surface area contributed by atoms with Crippen LogP contribution < -0.4 is 16.6 Å². The van der Waals surface area contributed by atoms with E-state index in [2.05, 4.69) is 10.3 Å². The van der Waals surface area contributed by atoms with E-state index in [4.69, 9.17) is 11.6 Å². The van der Waals surface area contributed by atoms with Crippen molar-refractivity contribution in [3.63, 3.8) is 0 Å². The topological polar surface area (TPSA) is 86.0 Å². The van der Waals surface area contributed by atoms with Crippen molar-refractivity contribution in [1.82, 2.24) is 19.4 Å². The highest BCUT2D eigenvalue weighted by Crippen LogP contribution is 2.31. The Kier molecular flexibility index (Phi) is 7.40. The van der Waals surface area contributed by atoms with Crippen LogP contribution in [0.15, 0.2) is 34.0 Å². The second-order valence-electron chi connectivity index (χ2n) is 9.73. The summed E-state index contributed by atoms with van der Waals surface area (Å²) in [6.45, 7) is 1.56. The maximum absolute atomic E-state index is 14.5. The molecule has 1 amide bonds. The van der Waals surface area contributed by atoms with Gasteiger partial charge in [-0.25, -0.2) is 18.6 Å². The molecule has 3 heterocycles. The molecule has 2 aromatic heterocycles. The van der Waals surface area contributed by atoms with E-state index in [0.29, 0.717) is 31.2 Å². The van der Waals surface area contributed by atoms with Crippen molar-refractivity contribution >= 4 is 40.3 Å². The number of thioether (sulfide) groups is 1. The SMILES string of the molecule is Cc1ccc(Cl)c(C(=O)NC2CCC(n3c(=O)c4cc(F)cnc4n(C4CCSCC4)c3=O)CC2)c1F. The van der Waals surface area contributed by atoms with Crippen molar-refractivity contribution in [2.75, 3.05) is 11.5 Å². The Labute approximate surface area is 221 Å². The first-order chi connectivity index (χ1) is 17.8. The van der Waals surface area contributed by atoms with Gasteiger partial charge in [0.05, 0.1) is 22.2 Å². The van der Waals surface area contributed by atoms with Crippen molar-refractivity contribution in [2.45, 2.75) is 63.6 Å². The molecule has 1 aromatic carbocycles. The number of hydrogen-bond acceptors (Lipinski definition) is 5. The zero-order chi connectivity index (χ0) is 26.3. The van der Waals surface area contributed by atoms with E-state index in [9.17, 15) is 23.2 Å². The molecule has 5 rings (SSSR count). The number of halogens is 3. The third kappa shape index (κ3) is 4.93. The highest BCUT2D eigenvalue weighted by molar-refractivity contribution is 7.99. The monoisotopic (exact) mass is 548 g/mol. The third-order valence-corrected chi connectivity index (χ3v) is 8.75. The third-order valence-electron chi connectivity index (χ3n) is 7.39. The van der Waals surface area contributed by atoms with E-state index in [1.165, 1.54) is 16.7 Å². The zero-order valence-electron chi connectivity index (χ0n) is 20.3. The number of aryl methyl sites for hydroxylation is 1. The fourth-order valence-corrected chi connectivity index (χ4v) is 6.71. The second-order valence-corrected chi connectivity index (χ2v) is 11.4. The molecule has 2 aliphatic rings. The number of aromatic nitrogens is 3. The van der Waals surface area contributed by atoms with Crippen LogP contribution in [0.2, 0.25) is 5.02 Å². The van der Waals surface area contributed by atoms with Crippen LogP contribution in [0.4, 0.5) is 8.78 Å². The summed E-state index contributed by atoms with van der Waals surface area (Å²) >= 11 is 7.90. The lowest BCUT2D eigenvalue weighted by atomic mass is 9.90. The smallest absolute Gasteiger partial charge is 0.333 e. The van der Waals surface area contributed by atoms with Crippen molar-refractivity contribution in [2.24, 2.45) is 0 Å². The number of nitrogens with zero attached hydrogens (tertiary/aromatic N) is 3. The number of rotatable bonds is 4. The Bertz CT molecular complexity index is 1480. The van der Waals surface area contributed by atoms with Crippen LogP contribution in [0, 0.1) is 18.6 Å². The Balaban J connectivity index is 1.41. The summed E-state index contributed by atoms with van der Waals surface area (Å²) in [5.74, 6) is -0.0700. The minimum Gasteiger partial charge on any atom is -0.349 e. The van der Waals surface area contributed by atoms with Crippen molar-refractivity contribution in [1.29, 1.82) is 0 Å². The first kappa shape index (κ1) is 25.9. The number of nitrogens with one attached hydrogen (secondary N) is 1. The number of fused-ring (bicyclic) bond motifs is 1. The van der Waals surface area contributed by atoms with Gasteiger partial charge in [-0.15, -0.1) is 0 Å². The first-order valence-corrected chi connectivity index (χ1v) is 13.9. The molecule has 196 valence electrons. The van der Waals surface area contributed by atoms with Crippen LogP contribution in [0.1, 0.15) is 66.5 Å². The van der Waals surface area contributed by atoms with Gasteiger partial charge in [-0.3, -0.25) is 18.7 Å². The van der Waals surface area contributed by atoms with E-state index in [0.717, 1.165) is 36.6 Å². The van der Waals surface area contributed by atoms with E-state index in [1.807, 2.05) is 11.8 Å². The Hall–Kier alpha value is -2.72. The van der Waals surface area contributed by atoms with Gasteiger partial charge in [0, 0.05) is 18.1 Å². The molecule has 0 radical (unpaired) electrons. The maximum atomic E-state index is 14.5. The molecule has 1 saturated heterocycles. The number of hydrogen-bond donors (Lipinski definition) is 1. The van der Waals surface area contributed by atoms with Crippen molar-refractivity contribution < 1.29 is 13.6 Å². The summed E-state index contributed by atoms with van der Waals surface area (Å²) in [7, 11) is 0. The molecule has 1 saturated carbocycles. The molecule has 37 heavy (non-hydrogen) atoms. The summed E-state index contributed by atoms with van der Waals surface area (Å²) in [4.78, 5) is 44.0. The van der Waals surface area contributed by atoms with E-state index < -0.39 is 34.8 Å². The highest BCUT2D eigenvalue weighted by Gasteiger charge is 2.30. The van der Waals surface area contributed by atoms with Crippen LogP contribution in [0.25, 0.3) is 11.0 Å². The van der Waals surface area contributed by atoms with Crippen LogP contribution >= 0.6 is 23.4 Å². The van der Waals surface area contributed by atoms with Gasteiger partial charge >= 0.3 is 5.69 Å². The van der Waals surface area contributed by atoms with Gasteiger partial charge in [-0.05, 0) is 74.7 Å². The van der Waals surface area contributed by atoms with Gasteiger partial charge < -0.3 is 5.32 Å². The molecule has 0 bridgehead atoms. The molecule has 3 aromatic rings. The van der Waals surface area contributed by atoms with Crippen LogP contribution in [-0.2, 0) is 0 Å². The summed E-state index contributed by atoms with van der Waals surface area (Å²) in [5.41, 5.74) is -0.600. The highest BCUT2D eigenvalue weighted by atomic mass is 35.5. The molecule has 2 fully saturated rings. The molecule has 0 unspecified atom stereocenters. The lowest BCUT2D eigenvalue weighted by molar-refractivity contribution is 0.0917. The zero-order valence-corrected chi connectivity index (χ0v) is 21.9. The molecule has 7 nitrogen and oxygen atoms in total. The number of carbonyl (C=O) groups is 1. The van der Waals surface area contributed by atoms with Gasteiger partial charge in [0.25, 0.3) is 11.5 Å². The predicted molar refractivity (Wildman–Crippen MR) is 141 cm³/mol. The lowest BCUT2D eigenvalue weighted by Gasteiger charge is -2.31. The minimum atomic E-state index is -0.649. The fourth-order valence-electron chi connectivity index (χ4n) is 5.40. The Morgan fingerprint density at radius 3 is 2.43 bits per heavy atom. The molecular weight excluding hydrogens is 522 g/mol. The fraction of sp³-hybridized carbons (Fsp3) is 0.462. The largest absolute Gasteiger partial charge is 0.349 e. The molecule has 11 heteroatoms. The van der Waals surface area contributed by atoms with Crippen molar-refractivity contribution in [3.05, 3.63) is 73.0 Å². The van der Waals surface area contributed by atoms with Gasteiger partial charge in [-0.1, -0.05) is 17.7 Å². The number of amides is 1. The molecule has 1 aliphatic heterocycles.